The molecule has 0 unspecified atom stereocenters. The average molecular weight is 828 g/mol. The number of carbonyl (C=O) groups excluding carboxylic acids is 3. The number of Topliss-reactive ketones (excluding diaryl/α,β-unsaturated/α-hetero) is 3. The van der Waals surface area contributed by atoms with Gasteiger partial charge < -0.3 is 45.7 Å². The number of aryl methyl sites for hydroxylation is 3. The predicted molar refractivity (Wildman–Crippen MR) is 188 cm³/mol. The summed E-state index contributed by atoms with van der Waals surface area (Å²) in [5.41, 5.74) is 9.69. The summed E-state index contributed by atoms with van der Waals surface area (Å²) in [6.07, 6.45) is 0.954. The van der Waals surface area contributed by atoms with Gasteiger partial charge in [0.25, 0.3) is 0 Å². The second-order valence-electron chi connectivity index (χ2n) is 11.7. The third-order valence-electron chi connectivity index (χ3n) is 8.92. The molecule has 3 aliphatic heterocycles. The fourth-order valence-electron chi connectivity index (χ4n) is 6.50. The van der Waals surface area contributed by atoms with Gasteiger partial charge in [-0.15, -0.1) is 0 Å². The Hall–Kier alpha value is -1.75. The quantitative estimate of drug-likeness (QED) is 0.0632. The monoisotopic (exact) mass is 827 g/mol. The summed E-state index contributed by atoms with van der Waals surface area (Å²) in [6.45, 7) is 1.09. The summed E-state index contributed by atoms with van der Waals surface area (Å²) >= 11 is 0. The Morgan fingerprint density at radius 2 is 1.11 bits per heavy atom. The molecule has 0 saturated heterocycles. The largest absolute Gasteiger partial charge is 1.00 e. The van der Waals surface area contributed by atoms with Gasteiger partial charge in [0.15, 0.2) is 17.2 Å². The van der Waals surface area contributed by atoms with E-state index < -0.39 is 6.04 Å². The first-order chi connectivity index (χ1) is 24.1. The van der Waals surface area contributed by atoms with Crippen molar-refractivity contribution in [1.82, 2.24) is 28.7 Å². The van der Waals surface area contributed by atoms with E-state index in [2.05, 4.69) is 25.3 Å². The molecule has 9 rings (SSSR count). The number of aromatic nitrogens is 6. The first-order valence-corrected chi connectivity index (χ1v) is 15.5. The average Bonchev–Trinajstić information content (AvgIpc) is 3.63. The van der Waals surface area contributed by atoms with Crippen molar-refractivity contribution in [3.05, 3.63) is 103 Å². The van der Waals surface area contributed by atoms with Crippen LogP contribution in [0.1, 0.15) is 57.8 Å². The number of aromatic amines is 1. The van der Waals surface area contributed by atoms with E-state index in [9.17, 15) is 28.8 Å². The molecular weight excluding hydrogens is 796 g/mol. The van der Waals surface area contributed by atoms with Crippen LogP contribution in [0.4, 0.5) is 0 Å². The third kappa shape index (κ3) is 9.28. The molecule has 0 radical (unpaired) electrons. The first kappa shape index (κ1) is 49.4. The minimum Gasteiger partial charge on any atom is -0.870 e. The number of nitrogens with two attached hydrogens (primary N) is 1. The van der Waals surface area contributed by atoms with E-state index in [-0.39, 0.29) is 226 Å². The second-order valence-corrected chi connectivity index (χ2v) is 11.7. The number of hydrogen-bond donors (Lipinski definition) is 4. The fourth-order valence-corrected chi connectivity index (χ4v) is 6.50. The molecular formula is C34H32K3N9O9. The van der Waals surface area contributed by atoms with Crippen LogP contribution in [0.3, 0.4) is 0 Å². The van der Waals surface area contributed by atoms with Crippen LogP contribution in [0.2, 0.25) is 0 Å². The molecule has 3 aromatic carbocycles. The molecule has 21 heteroatoms. The molecule has 0 bridgehead atoms. The number of nitrogens with one attached hydrogen (secondary N) is 1. The van der Waals surface area contributed by atoms with Crippen molar-refractivity contribution < 1.29 is 184 Å². The van der Waals surface area contributed by atoms with E-state index in [1.165, 1.54) is 13.7 Å². The van der Waals surface area contributed by atoms with Gasteiger partial charge in [-0.1, -0.05) is 60.2 Å². The number of nitrogens with zero attached hydrogens (tertiary/aromatic N) is 7. The standard InChI is InChI=1S/2C11H9N3O3.C11H11N3O2.CH4.3K.H2O/c2*15-10-6-2-1-3-7-9(6)14(11(16)12-7)5-4-8(10)13-17;12-7-4-5-14-9-6(10(7)15)2-1-3-8(9)13-11(14)16;;;;;/h1-3H,4-5H2,(H2,12,15,16,17);1-3,17H,4-5H2,(H,12,16);1-3,7H,4-5,12H2,(H,13,16);1H4;;;;1H2/q;;;;3*+1;/p-3/b;13-8-;;;;;;/t;;7-;;;;;/m..1...../s1. The van der Waals surface area contributed by atoms with Gasteiger partial charge in [0, 0.05) is 29.7 Å². The maximum atomic E-state index is 12.0. The van der Waals surface area contributed by atoms with Gasteiger partial charge in [-0.25, -0.2) is 4.79 Å². The van der Waals surface area contributed by atoms with E-state index in [0.29, 0.717) is 75.8 Å². The zero-order chi connectivity index (χ0) is 35.3. The summed E-state index contributed by atoms with van der Waals surface area (Å²) in [5.74, 6) is -0.788. The molecule has 3 aromatic heterocycles. The fraction of sp³-hybridized carbons (Fsp3) is 0.235. The third-order valence-corrected chi connectivity index (χ3v) is 8.92. The van der Waals surface area contributed by atoms with Crippen molar-refractivity contribution in [1.29, 1.82) is 0 Å². The molecule has 18 nitrogen and oxygen atoms in total. The Labute approximate surface area is 438 Å². The summed E-state index contributed by atoms with van der Waals surface area (Å²) in [5, 5.41) is 23.6. The first-order valence-electron chi connectivity index (χ1n) is 15.5. The normalized spacial score (nSPS) is 16.7. The molecule has 0 saturated carbocycles. The Morgan fingerprint density at radius 3 is 1.65 bits per heavy atom. The van der Waals surface area contributed by atoms with Crippen molar-refractivity contribution in [3.8, 4) is 0 Å². The van der Waals surface area contributed by atoms with E-state index >= 15 is 0 Å². The smallest absolute Gasteiger partial charge is 0.870 e. The summed E-state index contributed by atoms with van der Waals surface area (Å²) in [6, 6.07) is 14.7. The maximum Gasteiger partial charge on any atom is 1.00 e. The number of benzene rings is 3. The minimum atomic E-state index is -0.523. The van der Waals surface area contributed by atoms with Gasteiger partial charge in [-0.3, -0.25) is 28.5 Å². The molecule has 6 heterocycles. The Bertz CT molecular complexity index is 2520. The van der Waals surface area contributed by atoms with Gasteiger partial charge in [0.1, 0.15) is 11.4 Å². The van der Waals surface area contributed by atoms with Crippen LogP contribution >= 0.6 is 0 Å². The molecule has 270 valence electrons. The van der Waals surface area contributed by atoms with Crippen LogP contribution in [0.15, 0.2) is 79.3 Å². The molecule has 0 spiro atoms. The van der Waals surface area contributed by atoms with E-state index in [1.54, 1.807) is 54.6 Å². The summed E-state index contributed by atoms with van der Waals surface area (Å²) in [4.78, 5) is 81.5. The molecule has 55 heavy (non-hydrogen) atoms. The van der Waals surface area contributed by atoms with Crippen LogP contribution < -0.4 is 187 Å². The topological polar surface area (TPSA) is 282 Å². The van der Waals surface area contributed by atoms with Gasteiger partial charge >= 0.3 is 160 Å². The van der Waals surface area contributed by atoms with Crippen molar-refractivity contribution in [3.63, 3.8) is 0 Å². The van der Waals surface area contributed by atoms with Crippen LogP contribution in [-0.2, 0) is 19.6 Å². The Kier molecular flexibility index (Phi) is 18.7. The van der Waals surface area contributed by atoms with Crippen molar-refractivity contribution in [2.45, 2.75) is 52.4 Å². The van der Waals surface area contributed by atoms with Crippen LogP contribution in [0, 0.1) is 0 Å². The molecule has 0 amide bonds. The van der Waals surface area contributed by atoms with E-state index in [0.717, 1.165) is 0 Å². The number of para-hydroxylation sites is 3. The van der Waals surface area contributed by atoms with Crippen LogP contribution in [0.25, 0.3) is 33.1 Å². The molecule has 6 N–H and O–H groups in total. The molecule has 1 atom stereocenters. The zero-order valence-corrected chi connectivity index (χ0v) is 38.9. The van der Waals surface area contributed by atoms with E-state index in [4.69, 9.17) is 16.1 Å². The minimum absolute atomic E-state index is 0. The zero-order valence-electron chi connectivity index (χ0n) is 29.5. The predicted octanol–water partition coefficient (Wildman–Crippen LogP) is -7.53. The van der Waals surface area contributed by atoms with Crippen LogP contribution in [0.5, 0.6) is 0 Å². The number of hydrogen-bond acceptors (Lipinski definition) is 12. The number of carbonyl (C=O) groups is 3. The summed E-state index contributed by atoms with van der Waals surface area (Å²) < 4.78 is 4.48. The molecule has 6 aromatic rings. The van der Waals surface area contributed by atoms with E-state index in [1.807, 2.05) is 0 Å². The van der Waals surface area contributed by atoms with Gasteiger partial charge in [-0.2, -0.15) is 0 Å². The number of rotatable bonds is 0. The molecule has 0 fully saturated rings. The number of ketones is 3. The Balaban J connectivity index is 0.000000273. The molecule has 0 aliphatic carbocycles. The van der Waals surface area contributed by atoms with Gasteiger partial charge in [0.2, 0.25) is 11.6 Å². The van der Waals surface area contributed by atoms with Crippen molar-refractivity contribution >= 4 is 61.9 Å². The van der Waals surface area contributed by atoms with Gasteiger partial charge in [-0.05, 0) is 60.1 Å². The SMILES string of the molecule is C.N[C@@H]1CCn2c(=O)[n-]c3cccc(c32)C1=O.O=C1/C(=N\O)CCn2c(=O)[n-]c3cccc1c32.O=C1/C(=N\O)CCn2c(=O)[nH]c3cccc1c32.[K+].[K+].[K+].[OH-]. The second kappa shape index (κ2) is 20.8. The van der Waals surface area contributed by atoms with Crippen molar-refractivity contribution in [2.24, 2.45) is 16.0 Å². The number of H-pyrrole nitrogens is 1. The van der Waals surface area contributed by atoms with Crippen molar-refractivity contribution in [2.75, 3.05) is 0 Å². The van der Waals surface area contributed by atoms with Gasteiger partial charge in [0.05, 0.1) is 17.1 Å². The number of oxime groups is 2. The Morgan fingerprint density at radius 1 is 0.655 bits per heavy atom. The maximum absolute atomic E-state index is 12.0. The summed E-state index contributed by atoms with van der Waals surface area (Å²) in [7, 11) is 0. The van der Waals surface area contributed by atoms with Crippen LogP contribution in [-0.4, -0.2) is 69.4 Å². The molecule has 3 aliphatic rings. The number of imidazole rings is 3.